The number of sulfonamides is 1. The molecule has 19 heavy (non-hydrogen) atoms. The lowest BCUT2D eigenvalue weighted by atomic mass is 10.2. The van der Waals surface area contributed by atoms with Gasteiger partial charge in [-0.15, -0.1) is 0 Å². The van der Waals surface area contributed by atoms with Crippen molar-refractivity contribution < 1.29 is 17.6 Å². The van der Waals surface area contributed by atoms with E-state index in [0.717, 1.165) is 6.26 Å². The monoisotopic (exact) mass is 288 g/mol. The third kappa shape index (κ3) is 4.68. The maximum atomic E-state index is 11.8. The molecule has 1 aromatic rings. The van der Waals surface area contributed by atoms with Crippen molar-refractivity contribution in [2.75, 3.05) is 26.4 Å². The first-order valence-electron chi connectivity index (χ1n) is 5.98. The molecule has 0 aliphatic carbocycles. The lowest BCUT2D eigenvalue weighted by Crippen LogP contribution is -2.31. The van der Waals surface area contributed by atoms with Gasteiger partial charge in [0.05, 0.1) is 11.8 Å². The molecule has 1 amide bonds. The van der Waals surface area contributed by atoms with Crippen LogP contribution in [0.2, 0.25) is 0 Å². The first kappa shape index (κ1) is 15.7. The molecular weight excluding hydrogens is 268 g/mol. The molecule has 1 N–H and O–H groups in total. The lowest BCUT2D eigenvalue weighted by molar-refractivity contribution is 0.0951. The van der Waals surface area contributed by atoms with Crippen LogP contribution in [-0.4, -0.2) is 45.0 Å². The highest BCUT2D eigenvalue weighted by Crippen LogP contribution is 2.13. The molecule has 0 fully saturated rings. The Morgan fingerprint density at radius 1 is 1.42 bits per heavy atom. The Morgan fingerprint density at radius 2 is 2.05 bits per heavy atom. The number of hydrogen-bond acceptors (Lipinski definition) is 4. The molecule has 7 heteroatoms. The highest BCUT2D eigenvalue weighted by atomic mass is 32.2. The zero-order valence-electron chi connectivity index (χ0n) is 11.7. The maximum absolute atomic E-state index is 11.8. The van der Waals surface area contributed by atoms with Crippen LogP contribution in [0.5, 0.6) is 0 Å². The van der Waals surface area contributed by atoms with E-state index in [1.165, 1.54) is 11.4 Å². The summed E-state index contributed by atoms with van der Waals surface area (Å²) in [6, 6.07) is 1.69. The van der Waals surface area contributed by atoms with E-state index in [0.29, 0.717) is 36.6 Å². The summed E-state index contributed by atoms with van der Waals surface area (Å²) < 4.78 is 28.8. The van der Waals surface area contributed by atoms with Gasteiger partial charge < -0.3 is 9.73 Å². The topological polar surface area (TPSA) is 79.6 Å². The second-order valence-corrected chi connectivity index (χ2v) is 6.61. The second-order valence-electron chi connectivity index (χ2n) is 4.52. The Morgan fingerprint density at radius 3 is 2.53 bits per heavy atom. The Balaban J connectivity index is 2.38. The fraction of sp³-hybridized carbons (Fsp3) is 0.583. The number of rotatable bonds is 6. The van der Waals surface area contributed by atoms with Crippen molar-refractivity contribution in [3.8, 4) is 0 Å². The number of hydrogen-bond donors (Lipinski definition) is 1. The fourth-order valence-corrected chi connectivity index (χ4v) is 2.08. The molecule has 0 atom stereocenters. The van der Waals surface area contributed by atoms with Gasteiger partial charge in [-0.25, -0.2) is 12.7 Å². The first-order chi connectivity index (χ1) is 8.71. The highest BCUT2D eigenvalue weighted by molar-refractivity contribution is 7.88. The van der Waals surface area contributed by atoms with E-state index in [-0.39, 0.29) is 5.91 Å². The van der Waals surface area contributed by atoms with Crippen molar-refractivity contribution in [2.45, 2.75) is 20.3 Å². The van der Waals surface area contributed by atoms with Crippen LogP contribution in [0.3, 0.4) is 0 Å². The zero-order chi connectivity index (χ0) is 14.6. The molecule has 0 saturated heterocycles. The highest BCUT2D eigenvalue weighted by Gasteiger charge is 2.13. The third-order valence-corrected chi connectivity index (χ3v) is 4.10. The van der Waals surface area contributed by atoms with Crippen LogP contribution < -0.4 is 5.32 Å². The van der Waals surface area contributed by atoms with E-state index in [4.69, 9.17) is 4.42 Å². The molecule has 1 rings (SSSR count). The van der Waals surface area contributed by atoms with E-state index in [1.54, 1.807) is 19.9 Å². The molecule has 6 nitrogen and oxygen atoms in total. The van der Waals surface area contributed by atoms with E-state index in [1.807, 2.05) is 0 Å². The molecule has 0 radical (unpaired) electrons. The van der Waals surface area contributed by atoms with Crippen molar-refractivity contribution in [3.63, 3.8) is 0 Å². The molecule has 1 aromatic heterocycles. The van der Waals surface area contributed by atoms with Crippen molar-refractivity contribution in [3.05, 3.63) is 23.2 Å². The normalized spacial score (nSPS) is 11.8. The van der Waals surface area contributed by atoms with E-state index < -0.39 is 10.0 Å². The molecule has 0 unspecified atom stereocenters. The average molecular weight is 288 g/mol. The van der Waals surface area contributed by atoms with Crippen LogP contribution in [0.25, 0.3) is 0 Å². The summed E-state index contributed by atoms with van der Waals surface area (Å²) in [6.07, 6.45) is 1.72. The third-order valence-electron chi connectivity index (χ3n) is 2.79. The second kappa shape index (κ2) is 6.21. The van der Waals surface area contributed by atoms with Gasteiger partial charge in [-0.1, -0.05) is 0 Å². The van der Waals surface area contributed by atoms with E-state index >= 15 is 0 Å². The van der Waals surface area contributed by atoms with Crippen molar-refractivity contribution in [1.29, 1.82) is 0 Å². The number of carbonyl (C=O) groups excluding carboxylic acids is 1. The summed E-state index contributed by atoms with van der Waals surface area (Å²) in [5, 5.41) is 2.74. The number of nitrogens with one attached hydrogen (secondary N) is 1. The molecule has 0 bridgehead atoms. The van der Waals surface area contributed by atoms with Crippen LogP contribution in [0.15, 0.2) is 10.5 Å². The Labute approximate surface area is 113 Å². The molecule has 1 heterocycles. The Kier molecular flexibility index (Phi) is 5.13. The van der Waals surface area contributed by atoms with Crippen LogP contribution >= 0.6 is 0 Å². The van der Waals surface area contributed by atoms with Gasteiger partial charge in [0, 0.05) is 20.1 Å². The Bertz CT molecular complexity index is 548. The van der Waals surface area contributed by atoms with Crippen molar-refractivity contribution in [2.24, 2.45) is 0 Å². The van der Waals surface area contributed by atoms with Crippen molar-refractivity contribution >= 4 is 15.9 Å². The molecule has 0 aromatic carbocycles. The molecule has 0 aliphatic rings. The quantitative estimate of drug-likeness (QED) is 0.789. The van der Waals surface area contributed by atoms with Crippen LogP contribution in [-0.2, 0) is 10.0 Å². The number of nitrogens with zero attached hydrogens (tertiary/aromatic N) is 1. The Hall–Kier alpha value is -1.34. The summed E-state index contributed by atoms with van der Waals surface area (Å²) in [5.41, 5.74) is 0.522. The minimum atomic E-state index is -3.15. The van der Waals surface area contributed by atoms with Gasteiger partial charge in [0.15, 0.2) is 0 Å². The SMILES string of the molecule is Cc1cc(C(=O)NCCCN(C)S(C)(=O)=O)c(C)o1. The largest absolute Gasteiger partial charge is 0.466 e. The van der Waals surface area contributed by atoms with E-state index in [2.05, 4.69) is 5.32 Å². The first-order valence-corrected chi connectivity index (χ1v) is 7.83. The average Bonchev–Trinajstić information content (AvgIpc) is 2.62. The molecule has 0 aliphatic heterocycles. The minimum absolute atomic E-state index is 0.198. The smallest absolute Gasteiger partial charge is 0.254 e. The standard InChI is InChI=1S/C12H20N2O4S/c1-9-8-11(10(2)18-9)12(15)13-6-5-7-14(3)19(4,16)17/h8H,5-7H2,1-4H3,(H,13,15). The number of furan rings is 1. The number of carbonyl (C=O) groups is 1. The predicted octanol–water partition coefficient (Wildman–Crippen LogP) is 0.908. The van der Waals surface area contributed by atoms with Gasteiger partial charge in [-0.05, 0) is 26.3 Å². The molecule has 108 valence electrons. The van der Waals surface area contributed by atoms with Gasteiger partial charge in [0.1, 0.15) is 11.5 Å². The van der Waals surface area contributed by atoms with Crippen LogP contribution in [0.4, 0.5) is 0 Å². The van der Waals surface area contributed by atoms with Gasteiger partial charge in [-0.3, -0.25) is 4.79 Å². The van der Waals surface area contributed by atoms with Gasteiger partial charge in [-0.2, -0.15) is 0 Å². The maximum Gasteiger partial charge on any atom is 0.254 e. The van der Waals surface area contributed by atoms with E-state index in [9.17, 15) is 13.2 Å². The summed E-state index contributed by atoms with van der Waals surface area (Å²) in [5.74, 6) is 1.08. The van der Waals surface area contributed by atoms with Gasteiger partial charge in [0.25, 0.3) is 5.91 Å². The summed E-state index contributed by atoms with van der Waals surface area (Å²) in [6.45, 7) is 4.31. The van der Waals surface area contributed by atoms with Crippen molar-refractivity contribution in [1.82, 2.24) is 9.62 Å². The molecule has 0 saturated carbocycles. The minimum Gasteiger partial charge on any atom is -0.466 e. The fourth-order valence-electron chi connectivity index (χ4n) is 1.62. The lowest BCUT2D eigenvalue weighted by Gasteiger charge is -2.13. The molecular formula is C12H20N2O4S. The number of aryl methyl sites for hydroxylation is 2. The zero-order valence-corrected chi connectivity index (χ0v) is 12.5. The van der Waals surface area contributed by atoms with Crippen LogP contribution in [0.1, 0.15) is 28.3 Å². The van der Waals surface area contributed by atoms with Gasteiger partial charge >= 0.3 is 0 Å². The van der Waals surface area contributed by atoms with Gasteiger partial charge in [0.2, 0.25) is 10.0 Å². The summed E-state index contributed by atoms with van der Waals surface area (Å²) >= 11 is 0. The number of amides is 1. The van der Waals surface area contributed by atoms with Crippen LogP contribution in [0, 0.1) is 13.8 Å². The predicted molar refractivity (Wildman–Crippen MR) is 72.6 cm³/mol. The molecule has 0 spiro atoms. The summed E-state index contributed by atoms with van der Waals surface area (Å²) in [4.78, 5) is 11.8. The summed E-state index contributed by atoms with van der Waals surface area (Å²) in [7, 11) is -1.64.